The van der Waals surface area contributed by atoms with Crippen molar-refractivity contribution in [2.24, 2.45) is 0 Å². The van der Waals surface area contributed by atoms with Gasteiger partial charge in [-0.2, -0.15) is 0 Å². The lowest BCUT2D eigenvalue weighted by Gasteiger charge is -2.11. The van der Waals surface area contributed by atoms with Crippen LogP contribution in [0.4, 0.5) is 0 Å². The molecule has 1 aromatic carbocycles. The molecule has 1 aliphatic rings. The minimum absolute atomic E-state index is 0.0829. The summed E-state index contributed by atoms with van der Waals surface area (Å²) in [6.07, 6.45) is -0.553. The van der Waals surface area contributed by atoms with Gasteiger partial charge in [0.15, 0.2) is 0 Å². The van der Waals surface area contributed by atoms with Gasteiger partial charge in [-0.25, -0.2) is 9.78 Å². The quantitative estimate of drug-likeness (QED) is 0.315. The van der Waals surface area contributed by atoms with Gasteiger partial charge in [0.05, 0.1) is 6.61 Å². The first kappa shape index (κ1) is 12.3. The summed E-state index contributed by atoms with van der Waals surface area (Å²) in [4.78, 5) is 9.66. The maximum absolute atomic E-state index is 9.53. The van der Waals surface area contributed by atoms with Crippen molar-refractivity contribution in [1.29, 1.82) is 0 Å². The second-order valence-electron chi connectivity index (χ2n) is 3.80. The van der Waals surface area contributed by atoms with Gasteiger partial charge in [-0.15, -0.1) is 0 Å². The molecule has 0 bridgehead atoms. The van der Waals surface area contributed by atoms with Crippen LogP contribution in [-0.4, -0.2) is 43.7 Å². The Hall–Kier alpha value is -1.14. The molecule has 5 nitrogen and oxygen atoms in total. The van der Waals surface area contributed by atoms with E-state index in [1.54, 1.807) is 0 Å². The lowest BCUT2D eigenvalue weighted by atomic mass is 10.3. The fraction of sp³-hybridized carbons (Fsp3) is 0.500. The SMILES string of the molecule is OC(COOCC1CO1)COc1ccccc1. The smallest absolute Gasteiger partial charge is 0.119 e. The average molecular weight is 240 g/mol. The molecule has 1 heterocycles. The van der Waals surface area contributed by atoms with Crippen molar-refractivity contribution in [1.82, 2.24) is 0 Å². The van der Waals surface area contributed by atoms with Crippen LogP contribution in [0.1, 0.15) is 0 Å². The van der Waals surface area contributed by atoms with Gasteiger partial charge in [0.2, 0.25) is 0 Å². The zero-order valence-corrected chi connectivity index (χ0v) is 9.45. The number of hydrogen-bond donors (Lipinski definition) is 1. The minimum Gasteiger partial charge on any atom is -0.491 e. The van der Waals surface area contributed by atoms with Crippen LogP contribution >= 0.6 is 0 Å². The molecule has 2 rings (SSSR count). The van der Waals surface area contributed by atoms with E-state index >= 15 is 0 Å². The molecule has 1 N–H and O–H groups in total. The maximum atomic E-state index is 9.53. The predicted octanol–water partition coefficient (Wildman–Crippen LogP) is 0.773. The summed E-state index contributed by atoms with van der Waals surface area (Å²) in [6.45, 7) is 1.39. The molecule has 94 valence electrons. The van der Waals surface area contributed by atoms with Crippen LogP contribution in [-0.2, 0) is 14.5 Å². The summed E-state index contributed by atoms with van der Waals surface area (Å²) in [5.74, 6) is 0.721. The highest BCUT2D eigenvalue weighted by Gasteiger charge is 2.23. The topological polar surface area (TPSA) is 60.5 Å². The summed E-state index contributed by atoms with van der Waals surface area (Å²) >= 11 is 0. The van der Waals surface area contributed by atoms with E-state index in [4.69, 9.17) is 19.2 Å². The van der Waals surface area contributed by atoms with Gasteiger partial charge in [-0.1, -0.05) is 18.2 Å². The first-order valence-electron chi connectivity index (χ1n) is 5.56. The van der Waals surface area contributed by atoms with Crippen LogP contribution < -0.4 is 4.74 Å². The van der Waals surface area contributed by atoms with E-state index in [0.717, 1.165) is 12.4 Å². The zero-order valence-electron chi connectivity index (χ0n) is 9.45. The number of para-hydroxylation sites is 1. The number of aliphatic hydroxyl groups is 1. The normalized spacial score (nSPS) is 19.9. The first-order chi connectivity index (χ1) is 8.34. The van der Waals surface area contributed by atoms with E-state index in [1.807, 2.05) is 30.3 Å². The van der Waals surface area contributed by atoms with Gasteiger partial charge in [0, 0.05) is 0 Å². The second-order valence-corrected chi connectivity index (χ2v) is 3.80. The van der Waals surface area contributed by atoms with Gasteiger partial charge in [0.1, 0.15) is 37.8 Å². The van der Waals surface area contributed by atoms with E-state index in [1.165, 1.54) is 0 Å². The molecule has 0 amide bonds. The molecule has 0 aromatic heterocycles. The Bertz CT molecular complexity index is 312. The van der Waals surface area contributed by atoms with Gasteiger partial charge in [0.25, 0.3) is 0 Å². The fourth-order valence-corrected chi connectivity index (χ4v) is 1.17. The fourth-order valence-electron chi connectivity index (χ4n) is 1.17. The Kier molecular flexibility index (Phi) is 4.75. The Balaban J connectivity index is 1.52. The van der Waals surface area contributed by atoms with Crippen LogP contribution in [0, 0.1) is 0 Å². The lowest BCUT2D eigenvalue weighted by Crippen LogP contribution is -2.24. The third-order valence-corrected chi connectivity index (χ3v) is 2.19. The number of epoxide rings is 1. The Morgan fingerprint density at radius 2 is 2.00 bits per heavy atom. The standard InChI is InChI=1S/C12H16O5/c13-10(7-16-17-9-12-8-15-12)6-14-11-4-2-1-3-5-11/h1-5,10,12-13H,6-9H2. The van der Waals surface area contributed by atoms with Crippen molar-refractivity contribution in [3.8, 4) is 5.75 Å². The van der Waals surface area contributed by atoms with Crippen molar-refractivity contribution in [2.45, 2.75) is 12.2 Å². The van der Waals surface area contributed by atoms with E-state index in [2.05, 4.69) is 0 Å². The van der Waals surface area contributed by atoms with Crippen LogP contribution in [0.3, 0.4) is 0 Å². The Morgan fingerprint density at radius 3 is 2.71 bits per heavy atom. The Morgan fingerprint density at radius 1 is 1.24 bits per heavy atom. The number of aliphatic hydroxyl groups excluding tert-OH is 1. The predicted molar refractivity (Wildman–Crippen MR) is 59.6 cm³/mol. The molecule has 17 heavy (non-hydrogen) atoms. The van der Waals surface area contributed by atoms with Crippen LogP contribution in [0.25, 0.3) is 0 Å². The third-order valence-electron chi connectivity index (χ3n) is 2.19. The van der Waals surface area contributed by atoms with Crippen LogP contribution in [0.5, 0.6) is 5.75 Å². The third kappa shape index (κ3) is 5.14. The molecule has 2 unspecified atom stereocenters. The molecule has 0 aliphatic carbocycles. The van der Waals surface area contributed by atoms with Gasteiger partial charge in [-0.05, 0) is 12.1 Å². The monoisotopic (exact) mass is 240 g/mol. The molecule has 1 saturated heterocycles. The maximum Gasteiger partial charge on any atom is 0.119 e. The minimum atomic E-state index is -0.713. The number of benzene rings is 1. The summed E-state index contributed by atoms with van der Waals surface area (Å²) in [5.41, 5.74) is 0. The van der Waals surface area contributed by atoms with Crippen molar-refractivity contribution in [3.63, 3.8) is 0 Å². The summed E-state index contributed by atoms with van der Waals surface area (Å²) in [5, 5.41) is 9.53. The molecule has 1 aromatic rings. The molecule has 1 aliphatic heterocycles. The summed E-state index contributed by atoms with van der Waals surface area (Å²) in [7, 11) is 0. The summed E-state index contributed by atoms with van der Waals surface area (Å²) < 4.78 is 10.3. The van der Waals surface area contributed by atoms with Crippen molar-refractivity contribution in [3.05, 3.63) is 30.3 Å². The highest BCUT2D eigenvalue weighted by atomic mass is 17.2. The van der Waals surface area contributed by atoms with E-state index < -0.39 is 6.10 Å². The average Bonchev–Trinajstić information content (AvgIpc) is 3.17. The van der Waals surface area contributed by atoms with Crippen molar-refractivity contribution in [2.75, 3.05) is 26.4 Å². The summed E-state index contributed by atoms with van der Waals surface area (Å²) in [6, 6.07) is 9.30. The zero-order chi connectivity index (χ0) is 11.9. The van der Waals surface area contributed by atoms with E-state index in [9.17, 15) is 5.11 Å². The molecular formula is C12H16O5. The number of hydrogen-bond acceptors (Lipinski definition) is 5. The molecule has 0 saturated carbocycles. The molecular weight excluding hydrogens is 224 g/mol. The van der Waals surface area contributed by atoms with Gasteiger partial charge >= 0.3 is 0 Å². The first-order valence-corrected chi connectivity index (χ1v) is 5.56. The number of rotatable bonds is 8. The van der Waals surface area contributed by atoms with Crippen LogP contribution in [0.2, 0.25) is 0 Å². The largest absolute Gasteiger partial charge is 0.491 e. The Labute approximate surface area is 99.8 Å². The lowest BCUT2D eigenvalue weighted by molar-refractivity contribution is -0.307. The van der Waals surface area contributed by atoms with Gasteiger partial charge in [-0.3, -0.25) is 0 Å². The van der Waals surface area contributed by atoms with E-state index in [0.29, 0.717) is 6.61 Å². The van der Waals surface area contributed by atoms with Gasteiger partial charge < -0.3 is 14.6 Å². The number of ether oxygens (including phenoxy) is 2. The second kappa shape index (κ2) is 6.56. The van der Waals surface area contributed by atoms with Crippen molar-refractivity contribution >= 4 is 0 Å². The molecule has 2 atom stereocenters. The van der Waals surface area contributed by atoms with Crippen molar-refractivity contribution < 1.29 is 24.4 Å². The highest BCUT2D eigenvalue weighted by molar-refractivity contribution is 5.20. The molecule has 0 spiro atoms. The highest BCUT2D eigenvalue weighted by Crippen LogP contribution is 2.09. The molecule has 1 fully saturated rings. The molecule has 5 heteroatoms. The van der Waals surface area contributed by atoms with Crippen LogP contribution in [0.15, 0.2) is 30.3 Å². The van der Waals surface area contributed by atoms with E-state index in [-0.39, 0.29) is 19.3 Å². The molecule has 0 radical (unpaired) electrons.